The Balaban J connectivity index is 1.18. The summed E-state index contributed by atoms with van der Waals surface area (Å²) in [5, 5.41) is 5.88. The lowest BCUT2D eigenvalue weighted by molar-refractivity contribution is 0.0943. The number of urea groups is 1. The fraction of sp³-hybridized carbons (Fsp3) is 0.423. The minimum atomic E-state index is -0.124. The van der Waals surface area contributed by atoms with Gasteiger partial charge in [0.15, 0.2) is 11.5 Å². The second-order valence-corrected chi connectivity index (χ2v) is 9.47. The Kier molecular flexibility index (Phi) is 6.69. The number of aromatic nitrogens is 2. The highest BCUT2D eigenvalue weighted by Gasteiger charge is 2.23. The Morgan fingerprint density at radius 1 is 1.00 bits per heavy atom. The number of rotatable bonds is 5. The standard InChI is InChI=1S/C26H32N6O4/c1-17(2)27-25(33)18-4-6-21-20(14-18)29-24(30(21)3)16-31-8-10-32(11-9-31)26(34)28-19-5-7-22-23(15-19)36-13-12-35-22/h4-7,14-15,17H,8-13,16H2,1-3H3,(H,27,33)(H,28,34). The van der Waals surface area contributed by atoms with Crippen LogP contribution in [0.25, 0.3) is 11.0 Å². The molecule has 3 heterocycles. The molecule has 1 saturated heterocycles. The number of amides is 3. The van der Waals surface area contributed by atoms with Gasteiger partial charge in [0.25, 0.3) is 5.91 Å². The first kappa shape index (κ1) is 23.9. The number of anilines is 1. The molecule has 0 radical (unpaired) electrons. The lowest BCUT2D eigenvalue weighted by Gasteiger charge is -2.34. The van der Waals surface area contributed by atoms with E-state index in [2.05, 4.69) is 20.1 Å². The highest BCUT2D eigenvalue weighted by Crippen LogP contribution is 2.32. The number of fused-ring (bicyclic) bond motifs is 2. The number of carbonyl (C=O) groups excluding carboxylic acids is 2. The normalized spacial score (nSPS) is 15.8. The number of hydrogen-bond donors (Lipinski definition) is 2. The number of aryl methyl sites for hydroxylation is 1. The quantitative estimate of drug-likeness (QED) is 0.568. The molecule has 3 amide bonds. The highest BCUT2D eigenvalue weighted by molar-refractivity contribution is 5.97. The van der Waals surface area contributed by atoms with E-state index >= 15 is 0 Å². The van der Waals surface area contributed by atoms with Gasteiger partial charge in [-0.25, -0.2) is 9.78 Å². The zero-order valence-electron chi connectivity index (χ0n) is 20.9. The van der Waals surface area contributed by atoms with E-state index in [4.69, 9.17) is 14.5 Å². The third-order valence-electron chi connectivity index (χ3n) is 6.47. The molecule has 0 atom stereocenters. The fourth-order valence-electron chi connectivity index (χ4n) is 4.51. The van der Waals surface area contributed by atoms with Crippen molar-refractivity contribution >= 4 is 28.7 Å². The van der Waals surface area contributed by atoms with Gasteiger partial charge in [0.1, 0.15) is 19.0 Å². The van der Waals surface area contributed by atoms with Crippen molar-refractivity contribution in [3.8, 4) is 11.5 Å². The van der Waals surface area contributed by atoms with Crippen molar-refractivity contribution in [2.45, 2.75) is 26.4 Å². The maximum absolute atomic E-state index is 12.8. The maximum Gasteiger partial charge on any atom is 0.321 e. The molecule has 1 aromatic heterocycles. The molecule has 3 aromatic rings. The van der Waals surface area contributed by atoms with Gasteiger partial charge in [0.2, 0.25) is 0 Å². The Labute approximate surface area is 210 Å². The van der Waals surface area contributed by atoms with E-state index in [0.717, 1.165) is 29.9 Å². The summed E-state index contributed by atoms with van der Waals surface area (Å²) >= 11 is 0. The molecule has 0 saturated carbocycles. The van der Waals surface area contributed by atoms with Gasteiger partial charge in [-0.2, -0.15) is 0 Å². The summed E-state index contributed by atoms with van der Waals surface area (Å²) in [5.41, 5.74) is 3.09. The third kappa shape index (κ3) is 5.08. The average molecular weight is 493 g/mol. The van der Waals surface area contributed by atoms with E-state index in [-0.39, 0.29) is 18.0 Å². The van der Waals surface area contributed by atoms with E-state index in [9.17, 15) is 9.59 Å². The zero-order chi connectivity index (χ0) is 25.2. The van der Waals surface area contributed by atoms with Crippen LogP contribution >= 0.6 is 0 Å². The Hall–Kier alpha value is -3.79. The number of ether oxygens (including phenoxy) is 2. The third-order valence-corrected chi connectivity index (χ3v) is 6.47. The fourth-order valence-corrected chi connectivity index (χ4v) is 4.51. The van der Waals surface area contributed by atoms with Crippen LogP contribution in [0.15, 0.2) is 36.4 Å². The number of benzene rings is 2. The SMILES string of the molecule is CC(C)NC(=O)c1ccc2c(c1)nc(CN1CCN(C(=O)Nc3ccc4c(c3)OCCO4)CC1)n2C. The predicted octanol–water partition coefficient (Wildman–Crippen LogP) is 2.83. The van der Waals surface area contributed by atoms with Crippen molar-refractivity contribution in [1.82, 2.24) is 24.7 Å². The molecule has 5 rings (SSSR count). The van der Waals surface area contributed by atoms with Gasteiger partial charge in [-0.3, -0.25) is 9.69 Å². The van der Waals surface area contributed by atoms with Crippen LogP contribution in [0.4, 0.5) is 10.5 Å². The molecule has 0 aliphatic carbocycles. The Morgan fingerprint density at radius 3 is 2.50 bits per heavy atom. The number of nitrogens with zero attached hydrogens (tertiary/aromatic N) is 4. The topological polar surface area (TPSA) is 101 Å². The summed E-state index contributed by atoms with van der Waals surface area (Å²) in [6, 6.07) is 11.0. The summed E-state index contributed by atoms with van der Waals surface area (Å²) in [5.74, 6) is 2.19. The second-order valence-electron chi connectivity index (χ2n) is 9.47. The minimum absolute atomic E-state index is 0.0786. The molecule has 2 aromatic carbocycles. The summed E-state index contributed by atoms with van der Waals surface area (Å²) < 4.78 is 13.2. The van der Waals surface area contributed by atoms with Crippen LogP contribution in [0.3, 0.4) is 0 Å². The Morgan fingerprint density at radius 2 is 1.75 bits per heavy atom. The number of carbonyl (C=O) groups is 2. The lowest BCUT2D eigenvalue weighted by Crippen LogP contribution is -2.49. The van der Waals surface area contributed by atoms with Gasteiger partial charge in [0, 0.05) is 56.6 Å². The van der Waals surface area contributed by atoms with Crippen LogP contribution in [0, 0.1) is 0 Å². The summed E-state index contributed by atoms with van der Waals surface area (Å²) in [6.45, 7) is 8.35. The molecule has 1 fully saturated rings. The van der Waals surface area contributed by atoms with E-state index < -0.39 is 0 Å². The van der Waals surface area contributed by atoms with E-state index in [1.54, 1.807) is 6.07 Å². The minimum Gasteiger partial charge on any atom is -0.486 e. The van der Waals surface area contributed by atoms with Crippen molar-refractivity contribution < 1.29 is 19.1 Å². The monoisotopic (exact) mass is 492 g/mol. The second kappa shape index (κ2) is 10.1. The molecule has 2 N–H and O–H groups in total. The van der Waals surface area contributed by atoms with Crippen LogP contribution in [-0.4, -0.2) is 76.7 Å². The van der Waals surface area contributed by atoms with Crippen LogP contribution < -0.4 is 20.1 Å². The van der Waals surface area contributed by atoms with Crippen molar-refractivity contribution in [3.63, 3.8) is 0 Å². The van der Waals surface area contributed by atoms with Gasteiger partial charge in [0.05, 0.1) is 17.6 Å². The lowest BCUT2D eigenvalue weighted by atomic mass is 10.2. The first-order valence-electron chi connectivity index (χ1n) is 12.3. The number of hydrogen-bond acceptors (Lipinski definition) is 6. The average Bonchev–Trinajstić information content (AvgIpc) is 3.18. The van der Waals surface area contributed by atoms with Gasteiger partial charge in [-0.05, 0) is 44.2 Å². The molecule has 2 aliphatic rings. The van der Waals surface area contributed by atoms with Crippen molar-refractivity contribution in [1.29, 1.82) is 0 Å². The zero-order valence-corrected chi connectivity index (χ0v) is 20.9. The Bertz CT molecular complexity index is 1280. The summed E-state index contributed by atoms with van der Waals surface area (Å²) in [7, 11) is 2.00. The molecule has 36 heavy (non-hydrogen) atoms. The van der Waals surface area contributed by atoms with Crippen molar-refractivity contribution in [2.24, 2.45) is 7.05 Å². The van der Waals surface area contributed by atoms with Crippen LogP contribution in [0.1, 0.15) is 30.0 Å². The van der Waals surface area contributed by atoms with E-state index in [0.29, 0.717) is 55.6 Å². The molecule has 10 heteroatoms. The highest BCUT2D eigenvalue weighted by atomic mass is 16.6. The molecule has 0 spiro atoms. The van der Waals surface area contributed by atoms with Crippen LogP contribution in [0.5, 0.6) is 11.5 Å². The predicted molar refractivity (Wildman–Crippen MR) is 137 cm³/mol. The van der Waals surface area contributed by atoms with E-state index in [1.165, 1.54) is 0 Å². The molecule has 2 aliphatic heterocycles. The number of imidazole rings is 1. The summed E-state index contributed by atoms with van der Waals surface area (Å²) in [6.07, 6.45) is 0. The molecular formula is C26H32N6O4. The molecular weight excluding hydrogens is 460 g/mol. The first-order valence-corrected chi connectivity index (χ1v) is 12.3. The first-order chi connectivity index (χ1) is 17.4. The molecule has 10 nitrogen and oxygen atoms in total. The van der Waals surface area contributed by atoms with Gasteiger partial charge < -0.3 is 29.6 Å². The smallest absolute Gasteiger partial charge is 0.321 e. The van der Waals surface area contributed by atoms with Gasteiger partial charge in [-0.1, -0.05) is 0 Å². The van der Waals surface area contributed by atoms with Gasteiger partial charge in [-0.15, -0.1) is 0 Å². The molecule has 0 bridgehead atoms. The van der Waals surface area contributed by atoms with Crippen LogP contribution in [0.2, 0.25) is 0 Å². The van der Waals surface area contributed by atoms with Crippen LogP contribution in [-0.2, 0) is 13.6 Å². The van der Waals surface area contributed by atoms with Crippen molar-refractivity contribution in [3.05, 3.63) is 47.8 Å². The van der Waals surface area contributed by atoms with E-state index in [1.807, 2.05) is 56.1 Å². The summed E-state index contributed by atoms with van der Waals surface area (Å²) in [4.78, 5) is 34.1. The number of nitrogens with one attached hydrogen (secondary N) is 2. The van der Waals surface area contributed by atoms with Gasteiger partial charge >= 0.3 is 6.03 Å². The largest absolute Gasteiger partial charge is 0.486 e. The van der Waals surface area contributed by atoms with Crippen molar-refractivity contribution in [2.75, 3.05) is 44.7 Å². The molecule has 190 valence electrons. The molecule has 0 unspecified atom stereocenters. The maximum atomic E-state index is 12.8. The number of piperazine rings is 1.